The fraction of sp³-hybridized carbons (Fsp3) is 0.872. The van der Waals surface area contributed by atoms with E-state index < -0.39 is 50.1 Å². The lowest BCUT2D eigenvalue weighted by Gasteiger charge is -2.41. The number of hydrogen-bond donors (Lipinski definition) is 1. The van der Waals surface area contributed by atoms with Gasteiger partial charge in [-0.3, -0.25) is 24.0 Å². The predicted molar refractivity (Wildman–Crippen MR) is 187 cm³/mol. The van der Waals surface area contributed by atoms with Gasteiger partial charge in [-0.25, -0.2) is 8.42 Å². The molecule has 274 valence electrons. The molecule has 0 bridgehead atoms. The van der Waals surface area contributed by atoms with Crippen LogP contribution in [0.2, 0.25) is 0 Å². The van der Waals surface area contributed by atoms with Crippen LogP contribution in [0.1, 0.15) is 149 Å². The highest BCUT2D eigenvalue weighted by Gasteiger charge is 2.69. The van der Waals surface area contributed by atoms with Crippen molar-refractivity contribution in [1.29, 1.82) is 0 Å². The van der Waals surface area contributed by atoms with Crippen molar-refractivity contribution in [3.05, 3.63) is 0 Å². The fourth-order valence-corrected chi connectivity index (χ4v) is 13.0. The minimum absolute atomic E-state index is 0.00769. The molecular weight excluding hydrogens is 641 g/mol. The summed E-state index contributed by atoms with van der Waals surface area (Å²) in [5, 5.41) is 2.35. The van der Waals surface area contributed by atoms with Crippen molar-refractivity contribution in [2.45, 2.75) is 166 Å². The van der Waals surface area contributed by atoms with Gasteiger partial charge in [-0.15, -0.1) is 0 Å². The summed E-state index contributed by atoms with van der Waals surface area (Å²) in [6.07, 6.45) is 15.5. The van der Waals surface area contributed by atoms with Gasteiger partial charge in [0.2, 0.25) is 11.7 Å². The van der Waals surface area contributed by atoms with Crippen LogP contribution >= 0.6 is 0 Å². The first-order valence-electron chi connectivity index (χ1n) is 19.8. The highest BCUT2D eigenvalue weighted by Crippen LogP contribution is 2.65. The second-order valence-electron chi connectivity index (χ2n) is 17.5. The van der Waals surface area contributed by atoms with Crippen molar-refractivity contribution in [1.82, 2.24) is 10.2 Å². The highest BCUT2D eigenvalue weighted by atomic mass is 32.2. The minimum atomic E-state index is -3.24. The summed E-state index contributed by atoms with van der Waals surface area (Å²) < 4.78 is 26.3. The normalized spacial score (nSPS) is 34.9. The summed E-state index contributed by atoms with van der Waals surface area (Å²) in [5.41, 5.74) is -0.622. The average molecular weight is 701 g/mol. The fourth-order valence-electron chi connectivity index (χ4n) is 10.5. The zero-order chi connectivity index (χ0) is 35.0. The van der Waals surface area contributed by atoms with Gasteiger partial charge in [-0.05, 0) is 74.0 Å². The van der Waals surface area contributed by atoms with E-state index in [-0.39, 0.29) is 65.8 Å². The van der Waals surface area contributed by atoms with Crippen molar-refractivity contribution < 1.29 is 32.4 Å². The molecule has 6 rings (SSSR count). The Hall–Kier alpha value is -2.10. The average Bonchev–Trinajstić information content (AvgIpc) is 3.83. The number of rotatable bonds is 8. The number of amides is 2. The van der Waals surface area contributed by atoms with E-state index in [2.05, 4.69) is 19.2 Å². The van der Waals surface area contributed by atoms with Gasteiger partial charge >= 0.3 is 0 Å². The summed E-state index contributed by atoms with van der Waals surface area (Å²) in [6.45, 7) is 4.76. The number of nitrogens with zero attached hydrogens (tertiary/aromatic N) is 1. The van der Waals surface area contributed by atoms with Crippen LogP contribution in [0.5, 0.6) is 0 Å². The molecule has 0 spiro atoms. The zero-order valence-corrected chi connectivity index (χ0v) is 30.8. The Labute approximate surface area is 293 Å². The van der Waals surface area contributed by atoms with E-state index >= 15 is 0 Å². The van der Waals surface area contributed by atoms with E-state index in [1.54, 1.807) is 4.90 Å². The van der Waals surface area contributed by atoms with Crippen LogP contribution in [0.4, 0.5) is 0 Å². The molecule has 0 unspecified atom stereocenters. The van der Waals surface area contributed by atoms with Gasteiger partial charge in [-0.1, -0.05) is 78.1 Å². The van der Waals surface area contributed by atoms with E-state index in [1.807, 2.05) is 0 Å². The first-order valence-corrected chi connectivity index (χ1v) is 21.5. The maximum atomic E-state index is 14.6. The number of nitrogens with one attached hydrogen (secondary N) is 1. The van der Waals surface area contributed by atoms with Gasteiger partial charge in [0.1, 0.15) is 5.78 Å². The van der Waals surface area contributed by atoms with E-state index in [0.29, 0.717) is 32.2 Å². The lowest BCUT2D eigenvalue weighted by molar-refractivity contribution is -0.146. The molecule has 3 heterocycles. The number of hydrogen-bond acceptors (Lipinski definition) is 7. The maximum Gasteiger partial charge on any atom is 0.287 e. The van der Waals surface area contributed by atoms with Gasteiger partial charge in [-0.2, -0.15) is 0 Å². The van der Waals surface area contributed by atoms with Gasteiger partial charge < -0.3 is 10.2 Å². The Bertz CT molecular complexity index is 1400. The molecule has 0 aromatic carbocycles. The summed E-state index contributed by atoms with van der Waals surface area (Å²) in [4.78, 5) is 70.9. The molecule has 3 aliphatic carbocycles. The quantitative estimate of drug-likeness (QED) is 0.311. The van der Waals surface area contributed by atoms with E-state index in [4.69, 9.17) is 0 Å². The molecule has 3 aliphatic heterocycles. The van der Waals surface area contributed by atoms with Crippen LogP contribution in [0, 0.1) is 34.5 Å². The Balaban J connectivity index is 1.22. The van der Waals surface area contributed by atoms with Gasteiger partial charge in [0.05, 0.1) is 17.0 Å². The molecule has 6 atom stereocenters. The molecule has 3 saturated carbocycles. The second kappa shape index (κ2) is 14.9. The molecule has 0 aromatic rings. The second-order valence-corrected chi connectivity index (χ2v) is 19.8. The largest absolute Gasteiger partial charge is 0.347 e. The topological polar surface area (TPSA) is 135 Å². The molecule has 0 aromatic heterocycles. The Morgan fingerprint density at radius 2 is 1.45 bits per heavy atom. The minimum Gasteiger partial charge on any atom is -0.347 e. The maximum absolute atomic E-state index is 14.6. The van der Waals surface area contributed by atoms with E-state index in [0.717, 1.165) is 89.9 Å². The Morgan fingerprint density at radius 1 is 0.816 bits per heavy atom. The smallest absolute Gasteiger partial charge is 0.287 e. The van der Waals surface area contributed by atoms with E-state index in [9.17, 15) is 32.4 Å². The number of carbonyl (C=O) groups is 5. The van der Waals surface area contributed by atoms with Crippen LogP contribution in [-0.4, -0.2) is 72.1 Å². The number of fused-ring (bicyclic) bond motifs is 3. The molecular formula is C39H60N2O7S. The highest BCUT2D eigenvalue weighted by molar-refractivity contribution is 7.92. The number of piperidine rings is 1. The lowest BCUT2D eigenvalue weighted by Crippen LogP contribution is -2.49. The van der Waals surface area contributed by atoms with Gasteiger partial charge in [0.25, 0.3) is 5.91 Å². The first-order chi connectivity index (χ1) is 23.3. The van der Waals surface area contributed by atoms with Crippen LogP contribution in [0.3, 0.4) is 0 Å². The third kappa shape index (κ3) is 8.04. The van der Waals surface area contributed by atoms with Crippen molar-refractivity contribution in [3.63, 3.8) is 0 Å². The molecule has 9 nitrogen and oxygen atoms in total. The van der Waals surface area contributed by atoms with Crippen molar-refractivity contribution >= 4 is 39.0 Å². The van der Waals surface area contributed by atoms with Crippen molar-refractivity contribution in [3.8, 4) is 0 Å². The van der Waals surface area contributed by atoms with Crippen LogP contribution in [0.25, 0.3) is 0 Å². The molecule has 3 saturated heterocycles. The zero-order valence-electron chi connectivity index (χ0n) is 30.0. The Kier molecular flexibility index (Phi) is 11.1. The van der Waals surface area contributed by atoms with Crippen molar-refractivity contribution in [2.75, 3.05) is 12.3 Å². The molecule has 49 heavy (non-hydrogen) atoms. The SMILES string of the molecule is CC1(C)[C@@H]2[C@H]3C(=O)C[C@H](C(=O)C(=O)NC4CC4)CCCCCCCCC[C@H](CC(=O)CC4([C@@H]5CCCS5(=O)=O)CCCCC4)C(=O)N3C[C@@H]21. The summed E-state index contributed by atoms with van der Waals surface area (Å²) in [5.74, 6) is -2.20. The molecule has 6 fully saturated rings. The van der Waals surface area contributed by atoms with Crippen LogP contribution in [-0.2, 0) is 33.8 Å². The number of sulfone groups is 1. The first kappa shape index (κ1) is 36.7. The predicted octanol–water partition coefficient (Wildman–Crippen LogP) is 5.91. The summed E-state index contributed by atoms with van der Waals surface area (Å²) in [6, 6.07) is -0.586. The molecule has 2 amide bonds. The van der Waals surface area contributed by atoms with Gasteiger partial charge in [0, 0.05) is 43.7 Å². The lowest BCUT2D eigenvalue weighted by atomic mass is 9.67. The van der Waals surface area contributed by atoms with Crippen LogP contribution in [0.15, 0.2) is 0 Å². The molecule has 10 heteroatoms. The number of Topliss-reactive ketones (excluding diaryl/α,β-unsaturated/α-hetero) is 3. The standard InChI is InChI=1S/C39H60N2O7S/c1-38(2)30-25-41-34(33(30)38)31(43)23-26(35(44)36(45)40-28-17-18-28)14-9-6-4-3-5-7-10-15-27(37(41)46)22-29(42)24-39(19-11-8-12-20-39)32-16-13-21-49(32,47)48/h26-28,30,32-34H,3-25H2,1-2H3,(H,40,45)/t26-,27-,30+,32+,33+,34-/m1/s1. The molecule has 6 aliphatic rings. The van der Waals surface area contributed by atoms with E-state index in [1.165, 1.54) is 0 Å². The van der Waals surface area contributed by atoms with Crippen LogP contribution < -0.4 is 5.32 Å². The number of carbonyl (C=O) groups excluding carboxylic acids is 5. The van der Waals surface area contributed by atoms with Gasteiger partial charge in [0.15, 0.2) is 15.6 Å². The molecule has 1 N–H and O–H groups in total. The Morgan fingerprint density at radius 3 is 2.08 bits per heavy atom. The third-order valence-electron chi connectivity index (χ3n) is 13.6. The third-order valence-corrected chi connectivity index (χ3v) is 16.1. The van der Waals surface area contributed by atoms with Crippen molar-refractivity contribution in [2.24, 2.45) is 34.5 Å². The number of ketones is 3. The summed E-state index contributed by atoms with van der Waals surface area (Å²) >= 11 is 0. The summed E-state index contributed by atoms with van der Waals surface area (Å²) in [7, 11) is -3.24. The molecule has 0 radical (unpaired) electrons. The monoisotopic (exact) mass is 700 g/mol.